The van der Waals surface area contributed by atoms with Crippen LogP contribution >= 0.6 is 0 Å². The molecule has 1 aromatic rings. The summed E-state index contributed by atoms with van der Waals surface area (Å²) in [5, 5.41) is 2.98. The van der Waals surface area contributed by atoms with Crippen molar-refractivity contribution in [3.05, 3.63) is 17.7 Å². The minimum absolute atomic E-state index is 0.106. The van der Waals surface area contributed by atoms with Crippen LogP contribution in [0.4, 0.5) is 14.5 Å². The maximum atomic E-state index is 12.4. The van der Waals surface area contributed by atoms with E-state index in [1.165, 1.54) is 12.1 Å². The lowest BCUT2D eigenvalue weighted by Gasteiger charge is -2.27. The van der Waals surface area contributed by atoms with Gasteiger partial charge in [0, 0.05) is 0 Å². The molecule has 0 bridgehead atoms. The van der Waals surface area contributed by atoms with Crippen molar-refractivity contribution in [1.29, 1.82) is 0 Å². The van der Waals surface area contributed by atoms with Crippen molar-refractivity contribution in [2.75, 3.05) is 18.5 Å². The molecule has 0 saturated heterocycles. The lowest BCUT2D eigenvalue weighted by molar-refractivity contribution is -0.0519. The first-order chi connectivity index (χ1) is 9.52. The van der Waals surface area contributed by atoms with Crippen LogP contribution in [-0.2, 0) is 4.74 Å². The van der Waals surface area contributed by atoms with Crippen LogP contribution in [0.15, 0.2) is 12.1 Å². The number of carbonyl (C=O) groups is 1. The van der Waals surface area contributed by atoms with Gasteiger partial charge in [0.2, 0.25) is 0 Å². The summed E-state index contributed by atoms with van der Waals surface area (Å²) in [6.45, 7) is 1.18. The summed E-state index contributed by atoms with van der Waals surface area (Å²) in [4.78, 5) is 11.8. The SMILES string of the molecule is CCOC(=O)c1ccc(OC(F)F)c2c1NCC(C)O2. The molecular weight excluding hydrogens is 272 g/mol. The monoisotopic (exact) mass is 287 g/mol. The van der Waals surface area contributed by atoms with Gasteiger partial charge in [-0.15, -0.1) is 0 Å². The predicted molar refractivity (Wildman–Crippen MR) is 67.6 cm³/mol. The molecule has 1 N–H and O–H groups in total. The van der Waals surface area contributed by atoms with E-state index in [9.17, 15) is 13.6 Å². The van der Waals surface area contributed by atoms with Gasteiger partial charge in [-0.25, -0.2) is 4.79 Å². The molecule has 1 atom stereocenters. The van der Waals surface area contributed by atoms with E-state index in [0.717, 1.165) is 0 Å². The molecule has 1 heterocycles. The van der Waals surface area contributed by atoms with Gasteiger partial charge < -0.3 is 19.5 Å². The average molecular weight is 287 g/mol. The summed E-state index contributed by atoms with van der Waals surface area (Å²) < 4.78 is 39.6. The molecule has 1 aromatic carbocycles. The Labute approximate surface area is 114 Å². The van der Waals surface area contributed by atoms with Crippen molar-refractivity contribution in [2.24, 2.45) is 0 Å². The van der Waals surface area contributed by atoms with Gasteiger partial charge in [-0.2, -0.15) is 8.78 Å². The zero-order valence-corrected chi connectivity index (χ0v) is 11.1. The minimum atomic E-state index is -2.96. The lowest BCUT2D eigenvalue weighted by Crippen LogP contribution is -2.29. The highest BCUT2D eigenvalue weighted by molar-refractivity contribution is 5.98. The molecule has 20 heavy (non-hydrogen) atoms. The maximum absolute atomic E-state index is 12.4. The molecule has 5 nitrogen and oxygen atoms in total. The van der Waals surface area contributed by atoms with Crippen LogP contribution < -0.4 is 14.8 Å². The number of fused-ring (bicyclic) bond motifs is 1. The summed E-state index contributed by atoms with van der Waals surface area (Å²) in [7, 11) is 0. The van der Waals surface area contributed by atoms with Crippen LogP contribution in [0.3, 0.4) is 0 Å². The van der Waals surface area contributed by atoms with Gasteiger partial charge >= 0.3 is 12.6 Å². The molecule has 7 heteroatoms. The third kappa shape index (κ3) is 2.92. The molecule has 0 saturated carbocycles. The van der Waals surface area contributed by atoms with Crippen LogP contribution in [0, 0.1) is 0 Å². The van der Waals surface area contributed by atoms with Gasteiger partial charge in [0.05, 0.1) is 24.4 Å². The van der Waals surface area contributed by atoms with E-state index >= 15 is 0 Å². The van der Waals surface area contributed by atoms with Gasteiger partial charge in [-0.05, 0) is 26.0 Å². The van der Waals surface area contributed by atoms with Gasteiger partial charge in [-0.3, -0.25) is 0 Å². The Morgan fingerprint density at radius 2 is 2.30 bits per heavy atom. The van der Waals surface area contributed by atoms with E-state index in [4.69, 9.17) is 9.47 Å². The molecule has 1 unspecified atom stereocenters. The molecule has 0 aliphatic carbocycles. The van der Waals surface area contributed by atoms with Crippen LogP contribution in [0.1, 0.15) is 24.2 Å². The number of alkyl halides is 2. The fourth-order valence-corrected chi connectivity index (χ4v) is 1.91. The average Bonchev–Trinajstić information content (AvgIpc) is 2.39. The zero-order valence-electron chi connectivity index (χ0n) is 11.1. The highest BCUT2D eigenvalue weighted by Crippen LogP contribution is 2.41. The summed E-state index contributed by atoms with van der Waals surface area (Å²) >= 11 is 0. The van der Waals surface area contributed by atoms with Crippen LogP contribution in [0.2, 0.25) is 0 Å². The zero-order chi connectivity index (χ0) is 14.7. The molecule has 0 aromatic heterocycles. The summed E-state index contributed by atoms with van der Waals surface area (Å²) in [5.41, 5.74) is 0.551. The number of anilines is 1. The first kappa shape index (κ1) is 14.4. The largest absolute Gasteiger partial charge is 0.483 e. The van der Waals surface area contributed by atoms with E-state index in [0.29, 0.717) is 12.2 Å². The molecule has 110 valence electrons. The van der Waals surface area contributed by atoms with Crippen LogP contribution in [0.25, 0.3) is 0 Å². The number of nitrogens with one attached hydrogen (secondary N) is 1. The van der Waals surface area contributed by atoms with E-state index in [1.807, 2.05) is 0 Å². The quantitative estimate of drug-likeness (QED) is 0.863. The number of benzene rings is 1. The highest BCUT2D eigenvalue weighted by Gasteiger charge is 2.27. The number of halogens is 2. The number of ether oxygens (including phenoxy) is 3. The second-order valence-electron chi connectivity index (χ2n) is 4.22. The Bertz CT molecular complexity index is 507. The van der Waals surface area contributed by atoms with Crippen molar-refractivity contribution in [2.45, 2.75) is 26.6 Å². The second kappa shape index (κ2) is 5.94. The first-order valence-corrected chi connectivity index (χ1v) is 6.22. The molecule has 1 aliphatic heterocycles. The van der Waals surface area contributed by atoms with Gasteiger partial charge in [0.25, 0.3) is 0 Å². The summed E-state index contributed by atoms with van der Waals surface area (Å²) in [6, 6.07) is 2.65. The Morgan fingerprint density at radius 1 is 1.55 bits per heavy atom. The third-order valence-electron chi connectivity index (χ3n) is 2.72. The van der Waals surface area contributed by atoms with E-state index in [-0.39, 0.29) is 29.8 Å². The Balaban J connectivity index is 2.42. The van der Waals surface area contributed by atoms with Crippen molar-refractivity contribution in [3.63, 3.8) is 0 Å². The van der Waals surface area contributed by atoms with E-state index in [2.05, 4.69) is 10.1 Å². The second-order valence-corrected chi connectivity index (χ2v) is 4.22. The van der Waals surface area contributed by atoms with Gasteiger partial charge in [-0.1, -0.05) is 0 Å². The minimum Gasteiger partial charge on any atom is -0.483 e. The van der Waals surface area contributed by atoms with Crippen molar-refractivity contribution >= 4 is 11.7 Å². The molecule has 2 rings (SSSR count). The number of hydrogen-bond acceptors (Lipinski definition) is 5. The van der Waals surface area contributed by atoms with E-state index < -0.39 is 12.6 Å². The van der Waals surface area contributed by atoms with Crippen LogP contribution in [-0.4, -0.2) is 31.8 Å². The Hall–Kier alpha value is -2.05. The Morgan fingerprint density at radius 3 is 2.95 bits per heavy atom. The molecule has 1 aliphatic rings. The summed E-state index contributed by atoms with van der Waals surface area (Å²) in [5.74, 6) is -0.547. The third-order valence-corrected chi connectivity index (χ3v) is 2.72. The normalized spacial score (nSPS) is 16.9. The van der Waals surface area contributed by atoms with Gasteiger partial charge in [0.15, 0.2) is 11.5 Å². The molecule has 0 spiro atoms. The molecule has 0 amide bonds. The number of esters is 1. The standard InChI is InChI=1S/C13H15F2NO4/c1-3-18-12(17)8-4-5-9(20-13(14)15)11-10(8)16-6-7(2)19-11/h4-5,7,13,16H,3,6H2,1-2H3. The smallest absolute Gasteiger partial charge is 0.387 e. The topological polar surface area (TPSA) is 56.8 Å². The highest BCUT2D eigenvalue weighted by atomic mass is 19.3. The maximum Gasteiger partial charge on any atom is 0.387 e. The molecular formula is C13H15F2NO4. The lowest BCUT2D eigenvalue weighted by atomic mass is 10.1. The van der Waals surface area contributed by atoms with Gasteiger partial charge in [0.1, 0.15) is 6.10 Å². The number of rotatable bonds is 4. The summed E-state index contributed by atoms with van der Waals surface area (Å²) in [6.07, 6.45) is -0.222. The molecule has 0 fully saturated rings. The number of hydrogen-bond donors (Lipinski definition) is 1. The predicted octanol–water partition coefficient (Wildman–Crippen LogP) is 2.66. The first-order valence-electron chi connectivity index (χ1n) is 6.22. The molecule has 0 radical (unpaired) electrons. The Kier molecular flexibility index (Phi) is 4.26. The van der Waals surface area contributed by atoms with Crippen LogP contribution in [0.5, 0.6) is 11.5 Å². The van der Waals surface area contributed by atoms with Crippen molar-refractivity contribution < 1.29 is 27.8 Å². The fraction of sp³-hybridized carbons (Fsp3) is 0.462. The number of carbonyl (C=O) groups excluding carboxylic acids is 1. The van der Waals surface area contributed by atoms with Crippen molar-refractivity contribution in [3.8, 4) is 11.5 Å². The van der Waals surface area contributed by atoms with Crippen molar-refractivity contribution in [1.82, 2.24) is 0 Å². The van der Waals surface area contributed by atoms with E-state index in [1.54, 1.807) is 13.8 Å². The fourth-order valence-electron chi connectivity index (χ4n) is 1.91.